The Bertz CT molecular complexity index is 1380. The molecule has 13 heteroatoms. The number of hydrogen-bond acceptors (Lipinski definition) is 10. The number of methoxy groups -OCH3 is 2. The summed E-state index contributed by atoms with van der Waals surface area (Å²) in [4.78, 5) is 51.2. The Morgan fingerprint density at radius 2 is 1.56 bits per heavy atom. The van der Waals surface area contributed by atoms with Gasteiger partial charge in [0.2, 0.25) is 5.91 Å². The maximum Gasteiger partial charge on any atom is 0.311 e. The number of aromatic hydroxyl groups is 1. The average molecular weight is 595 g/mol. The van der Waals surface area contributed by atoms with E-state index in [0.717, 1.165) is 0 Å². The smallest absolute Gasteiger partial charge is 0.311 e. The van der Waals surface area contributed by atoms with Gasteiger partial charge in [-0.3, -0.25) is 19.2 Å². The van der Waals surface area contributed by atoms with E-state index in [1.807, 2.05) is 0 Å². The predicted molar refractivity (Wildman–Crippen MR) is 158 cm³/mol. The van der Waals surface area contributed by atoms with Crippen LogP contribution < -0.4 is 19.5 Å². The number of amides is 1. The van der Waals surface area contributed by atoms with Crippen molar-refractivity contribution in [3.8, 4) is 23.0 Å². The van der Waals surface area contributed by atoms with Gasteiger partial charge < -0.3 is 29.4 Å². The number of carbonyl (C=O) groups excluding carboxylic acids is 4. The Morgan fingerprint density at radius 1 is 0.907 bits per heavy atom. The first-order chi connectivity index (χ1) is 20.7. The molecule has 0 aliphatic carbocycles. The van der Waals surface area contributed by atoms with Crippen LogP contribution in [0.2, 0.25) is 0 Å². The molecular weight excluding hydrogens is 560 g/mol. The number of rotatable bonds is 19. The lowest BCUT2D eigenvalue weighted by atomic mass is 10.1. The van der Waals surface area contributed by atoms with Crippen molar-refractivity contribution in [1.82, 2.24) is 5.32 Å². The number of carbonyl (C=O) groups is 4. The van der Waals surface area contributed by atoms with Gasteiger partial charge in [0, 0.05) is 30.8 Å². The molecule has 0 aliphatic heterocycles. The van der Waals surface area contributed by atoms with Crippen LogP contribution in [0.25, 0.3) is 22.6 Å². The summed E-state index contributed by atoms with van der Waals surface area (Å²) in [6.45, 7) is 1.07. The van der Waals surface area contributed by atoms with Gasteiger partial charge in [-0.25, -0.2) is 0 Å². The molecule has 0 atom stereocenters. The molecule has 0 saturated heterocycles. The van der Waals surface area contributed by atoms with Crippen molar-refractivity contribution in [2.24, 2.45) is 5.11 Å². The molecule has 0 radical (unpaired) electrons. The molecule has 228 valence electrons. The number of benzene rings is 2. The van der Waals surface area contributed by atoms with E-state index < -0.39 is 17.5 Å². The number of phenolic OH excluding ortho intramolecular Hbond substituents is 1. The quantitative estimate of drug-likeness (QED) is 0.0352. The van der Waals surface area contributed by atoms with Gasteiger partial charge in [-0.2, -0.15) is 0 Å². The molecule has 0 aromatic heterocycles. The summed E-state index contributed by atoms with van der Waals surface area (Å²) in [5.74, 6) is -0.874. The summed E-state index contributed by atoms with van der Waals surface area (Å²) < 4.78 is 20.9. The van der Waals surface area contributed by atoms with Crippen molar-refractivity contribution >= 4 is 35.6 Å². The number of hydrogen-bond donors (Lipinski definition) is 2. The molecule has 0 heterocycles. The molecule has 0 fully saturated rings. The van der Waals surface area contributed by atoms with Crippen LogP contribution in [0.1, 0.15) is 36.8 Å². The Morgan fingerprint density at radius 3 is 2.21 bits per heavy atom. The molecule has 0 spiro atoms. The Balaban J connectivity index is 1.78. The summed E-state index contributed by atoms with van der Waals surface area (Å²) >= 11 is 0. The highest BCUT2D eigenvalue weighted by molar-refractivity contribution is 6.10. The summed E-state index contributed by atoms with van der Waals surface area (Å²) in [6.07, 6.45) is 5.69. The molecule has 43 heavy (non-hydrogen) atoms. The highest BCUT2D eigenvalue weighted by Gasteiger charge is 2.12. The van der Waals surface area contributed by atoms with Crippen LogP contribution in [-0.2, 0) is 23.9 Å². The fraction of sp³-hybridized carbons (Fsp3) is 0.333. The molecule has 2 aromatic carbocycles. The fourth-order valence-corrected chi connectivity index (χ4v) is 3.51. The monoisotopic (exact) mass is 594 g/mol. The topological polar surface area (TPSA) is 186 Å². The van der Waals surface area contributed by atoms with Gasteiger partial charge in [0.1, 0.15) is 0 Å². The normalized spacial score (nSPS) is 10.7. The van der Waals surface area contributed by atoms with E-state index in [-0.39, 0.29) is 74.3 Å². The number of nitrogens with zero attached hydrogens (tertiary/aromatic N) is 3. The van der Waals surface area contributed by atoms with E-state index in [0.29, 0.717) is 17.7 Å². The molecular formula is C30H34N4O9. The zero-order chi connectivity index (χ0) is 31.5. The minimum Gasteiger partial charge on any atom is -0.504 e. The lowest BCUT2D eigenvalue weighted by Crippen LogP contribution is -2.27. The highest BCUT2D eigenvalue weighted by Crippen LogP contribution is 2.29. The molecule has 2 N–H and O–H groups in total. The van der Waals surface area contributed by atoms with Gasteiger partial charge in [-0.15, -0.1) is 0 Å². The summed E-state index contributed by atoms with van der Waals surface area (Å²) in [6, 6.07) is 9.34. The van der Waals surface area contributed by atoms with Gasteiger partial charge in [0.25, 0.3) is 0 Å². The number of ketones is 2. The lowest BCUT2D eigenvalue weighted by molar-refractivity contribution is -0.134. The van der Waals surface area contributed by atoms with Gasteiger partial charge >= 0.3 is 5.97 Å². The van der Waals surface area contributed by atoms with E-state index in [1.165, 1.54) is 50.7 Å². The van der Waals surface area contributed by atoms with Gasteiger partial charge in [-0.05, 0) is 59.5 Å². The molecule has 2 aromatic rings. The van der Waals surface area contributed by atoms with E-state index in [9.17, 15) is 24.3 Å². The van der Waals surface area contributed by atoms with E-state index in [4.69, 9.17) is 24.5 Å². The van der Waals surface area contributed by atoms with Crippen LogP contribution >= 0.6 is 0 Å². The van der Waals surface area contributed by atoms with Crippen molar-refractivity contribution in [3.05, 3.63) is 70.1 Å². The van der Waals surface area contributed by atoms with Gasteiger partial charge in [0.15, 0.2) is 34.6 Å². The highest BCUT2D eigenvalue weighted by atomic mass is 16.6. The Kier molecular flexibility index (Phi) is 15.1. The van der Waals surface area contributed by atoms with Crippen LogP contribution in [-0.4, -0.2) is 69.1 Å². The fourth-order valence-electron chi connectivity index (χ4n) is 3.51. The molecule has 13 nitrogen and oxygen atoms in total. The average Bonchev–Trinajstić information content (AvgIpc) is 2.99. The van der Waals surface area contributed by atoms with Crippen LogP contribution in [0.15, 0.2) is 53.7 Å². The first kappa shape index (κ1) is 34.1. The minimum atomic E-state index is -0.539. The Labute approximate surface area is 248 Å². The maximum atomic E-state index is 12.3. The van der Waals surface area contributed by atoms with Crippen molar-refractivity contribution < 1.29 is 43.2 Å². The van der Waals surface area contributed by atoms with Crippen molar-refractivity contribution in [3.63, 3.8) is 0 Å². The second-order valence-electron chi connectivity index (χ2n) is 8.86. The third-order valence-corrected chi connectivity index (χ3v) is 5.64. The minimum absolute atomic E-state index is 0.0121. The number of esters is 1. The SMILES string of the molecule is COc1cc(/C=C/C(=O)CC(=O)/C=C/c2ccc(OC(=O)CCCC(=O)NCCOCCN=[N+]=[N-])c(OC)c2)ccc1O. The third kappa shape index (κ3) is 13.4. The zero-order valence-corrected chi connectivity index (χ0v) is 24.0. The van der Waals surface area contributed by atoms with Gasteiger partial charge in [-0.1, -0.05) is 29.4 Å². The van der Waals surface area contributed by atoms with Crippen molar-refractivity contribution in [2.45, 2.75) is 25.7 Å². The third-order valence-electron chi connectivity index (χ3n) is 5.64. The standard InChI is InChI=1S/C30H34N4O9/c1-40-27-18-21(8-12-25(27)37)6-10-23(35)20-24(36)11-7-22-9-13-26(28(19-22)41-2)43-30(39)5-3-4-29(38)32-14-16-42-17-15-33-34-31/h6-13,18-19,37H,3-5,14-17,20H2,1-2H3,(H,32,38)/b10-6+,11-7+. The predicted octanol–water partition coefficient (Wildman–Crippen LogP) is 4.18. The molecule has 1 amide bonds. The van der Waals surface area contributed by atoms with Crippen LogP contribution in [0, 0.1) is 0 Å². The molecule has 0 saturated carbocycles. The first-order valence-electron chi connectivity index (χ1n) is 13.3. The van der Waals surface area contributed by atoms with E-state index in [2.05, 4.69) is 15.3 Å². The second-order valence-corrected chi connectivity index (χ2v) is 8.86. The largest absolute Gasteiger partial charge is 0.504 e. The van der Waals surface area contributed by atoms with Crippen LogP contribution in [0.3, 0.4) is 0 Å². The van der Waals surface area contributed by atoms with Gasteiger partial charge in [0.05, 0.1) is 33.9 Å². The molecule has 2 rings (SSSR count). The number of nitrogens with one attached hydrogen (secondary N) is 1. The summed E-state index contributed by atoms with van der Waals surface area (Å²) in [5.41, 5.74) is 9.38. The molecule has 0 aliphatic rings. The molecule has 0 unspecified atom stereocenters. The van der Waals surface area contributed by atoms with E-state index >= 15 is 0 Å². The van der Waals surface area contributed by atoms with Crippen molar-refractivity contribution in [2.75, 3.05) is 40.5 Å². The number of azide groups is 1. The zero-order valence-electron chi connectivity index (χ0n) is 24.0. The Hall–Kier alpha value is -5.13. The summed E-state index contributed by atoms with van der Waals surface area (Å²) in [5, 5.41) is 15.6. The number of phenols is 1. The maximum absolute atomic E-state index is 12.3. The number of allylic oxidation sites excluding steroid dienone is 2. The second kappa shape index (κ2) is 19.1. The van der Waals surface area contributed by atoms with Crippen LogP contribution in [0.4, 0.5) is 0 Å². The molecule has 0 bridgehead atoms. The van der Waals surface area contributed by atoms with Crippen molar-refractivity contribution in [1.29, 1.82) is 0 Å². The number of ether oxygens (including phenoxy) is 4. The van der Waals surface area contributed by atoms with Crippen LogP contribution in [0.5, 0.6) is 23.0 Å². The van der Waals surface area contributed by atoms with E-state index in [1.54, 1.807) is 24.3 Å². The first-order valence-corrected chi connectivity index (χ1v) is 13.3. The summed E-state index contributed by atoms with van der Waals surface area (Å²) in [7, 11) is 2.82. The lowest BCUT2D eigenvalue weighted by Gasteiger charge is -2.10.